The van der Waals surface area contributed by atoms with Gasteiger partial charge in [0.15, 0.2) is 17.3 Å². The molecule has 0 N–H and O–H groups in total. The van der Waals surface area contributed by atoms with Crippen LogP contribution in [0.25, 0.3) is 0 Å². The lowest BCUT2D eigenvalue weighted by Crippen LogP contribution is -2.54. The number of hydrogen-bond donors (Lipinski definition) is 0. The molecule has 3 aliphatic carbocycles. The highest BCUT2D eigenvalue weighted by Crippen LogP contribution is 2.77. The van der Waals surface area contributed by atoms with Crippen molar-refractivity contribution in [2.24, 2.45) is 16.2 Å². The van der Waals surface area contributed by atoms with Gasteiger partial charge in [-0.1, -0.05) is 39.3 Å². The Morgan fingerprint density at radius 2 is 1.76 bits per heavy atom. The lowest BCUT2D eigenvalue weighted by atomic mass is 9.41. The highest BCUT2D eigenvalue weighted by molar-refractivity contribution is 6.07. The van der Waals surface area contributed by atoms with E-state index in [-0.39, 0.29) is 22.2 Å². The van der Waals surface area contributed by atoms with Crippen molar-refractivity contribution < 1.29 is 14.3 Å². The van der Waals surface area contributed by atoms with E-state index >= 15 is 0 Å². The zero-order valence-electron chi connectivity index (χ0n) is 15.9. The van der Waals surface area contributed by atoms with Gasteiger partial charge in [-0.25, -0.2) is 0 Å². The Bertz CT molecular complexity index is 775. The summed E-state index contributed by atoms with van der Waals surface area (Å²) in [4.78, 5) is 13.4. The topological polar surface area (TPSA) is 35.5 Å². The maximum Gasteiger partial charge on any atom is 0.167 e. The fourth-order valence-electron chi connectivity index (χ4n) is 6.39. The van der Waals surface area contributed by atoms with E-state index in [1.807, 2.05) is 12.1 Å². The van der Waals surface area contributed by atoms with Gasteiger partial charge in [0, 0.05) is 5.41 Å². The molecule has 0 unspecified atom stereocenters. The van der Waals surface area contributed by atoms with Crippen LogP contribution in [-0.2, 0) is 4.79 Å². The van der Waals surface area contributed by atoms with Gasteiger partial charge in [0.25, 0.3) is 0 Å². The summed E-state index contributed by atoms with van der Waals surface area (Å²) in [5.74, 6) is 1.66. The highest BCUT2D eigenvalue weighted by atomic mass is 16.5. The largest absolute Gasteiger partial charge is 0.493 e. The number of ketones is 1. The molecule has 3 nitrogen and oxygen atoms in total. The number of benzene rings is 1. The molecule has 134 valence electrons. The maximum absolute atomic E-state index is 13.4. The van der Waals surface area contributed by atoms with E-state index in [0.717, 1.165) is 24.0 Å². The normalized spacial score (nSPS) is 35.3. The highest BCUT2D eigenvalue weighted by Gasteiger charge is 2.72. The molecule has 3 aliphatic rings. The molecule has 1 aromatic carbocycles. The van der Waals surface area contributed by atoms with Crippen molar-refractivity contribution in [2.45, 2.75) is 52.4 Å². The molecule has 0 saturated heterocycles. The summed E-state index contributed by atoms with van der Waals surface area (Å²) in [5.41, 5.74) is 2.35. The molecule has 2 saturated carbocycles. The van der Waals surface area contributed by atoms with Crippen molar-refractivity contribution in [3.8, 4) is 11.5 Å². The number of carbonyl (C=O) groups excluding carboxylic acids is 1. The van der Waals surface area contributed by atoms with Crippen molar-refractivity contribution >= 4 is 5.78 Å². The van der Waals surface area contributed by atoms with Crippen LogP contribution in [0.3, 0.4) is 0 Å². The minimum absolute atomic E-state index is 0.0183. The van der Waals surface area contributed by atoms with Crippen molar-refractivity contribution in [2.75, 3.05) is 14.2 Å². The van der Waals surface area contributed by atoms with Gasteiger partial charge in [-0.2, -0.15) is 0 Å². The summed E-state index contributed by atoms with van der Waals surface area (Å²) in [6, 6.07) is 5.99. The van der Waals surface area contributed by atoms with Gasteiger partial charge in [-0.3, -0.25) is 4.79 Å². The quantitative estimate of drug-likeness (QED) is 0.785. The Morgan fingerprint density at radius 3 is 2.36 bits per heavy atom. The second kappa shape index (κ2) is 5.12. The fourth-order valence-corrected chi connectivity index (χ4v) is 6.39. The van der Waals surface area contributed by atoms with Gasteiger partial charge < -0.3 is 9.47 Å². The molecule has 3 heteroatoms. The summed E-state index contributed by atoms with van der Waals surface area (Å²) in [6.07, 6.45) is 6.73. The van der Waals surface area contributed by atoms with E-state index in [9.17, 15) is 4.79 Å². The first-order valence-electron chi connectivity index (χ1n) is 9.29. The molecule has 1 spiro atoms. The third kappa shape index (κ3) is 1.79. The van der Waals surface area contributed by atoms with Gasteiger partial charge >= 0.3 is 0 Å². The number of Topliss-reactive ketones (excluding diaryl/α,β-unsaturated/α-hetero) is 1. The van der Waals surface area contributed by atoms with E-state index in [4.69, 9.17) is 9.47 Å². The zero-order valence-corrected chi connectivity index (χ0v) is 15.9. The molecule has 4 rings (SSSR count). The number of methoxy groups -OCH3 is 2. The van der Waals surface area contributed by atoms with Crippen LogP contribution in [0.15, 0.2) is 29.8 Å². The predicted octanol–water partition coefficient (Wildman–Crippen LogP) is 4.90. The fraction of sp³-hybridized carbons (Fsp3) is 0.591. The van der Waals surface area contributed by atoms with Crippen molar-refractivity contribution in [1.82, 2.24) is 0 Å². The standard InChI is InChI=1S/C22H28O3/c1-20(2)10-6-11-21(3)18(19(23)15-9-12-22(15,20)21)14-7-8-16(24-4)17(13-14)25-5/h7-9,13,18H,6,10-12H2,1-5H3/t18-,21-,22-/m1/s1. The smallest absolute Gasteiger partial charge is 0.167 e. The van der Waals surface area contributed by atoms with E-state index in [0.29, 0.717) is 17.3 Å². The molecule has 0 aliphatic heterocycles. The van der Waals surface area contributed by atoms with Crippen LogP contribution >= 0.6 is 0 Å². The lowest BCUT2D eigenvalue weighted by molar-refractivity contribution is -0.117. The molecule has 25 heavy (non-hydrogen) atoms. The minimum atomic E-state index is -0.0827. The first-order valence-corrected chi connectivity index (χ1v) is 9.29. The van der Waals surface area contributed by atoms with Crippen LogP contribution < -0.4 is 9.47 Å². The summed E-state index contributed by atoms with van der Waals surface area (Å²) >= 11 is 0. The van der Waals surface area contributed by atoms with E-state index < -0.39 is 0 Å². The number of rotatable bonds is 3. The van der Waals surface area contributed by atoms with Crippen molar-refractivity contribution in [1.29, 1.82) is 0 Å². The maximum atomic E-state index is 13.4. The summed E-state index contributed by atoms with van der Waals surface area (Å²) < 4.78 is 10.9. The first-order chi connectivity index (χ1) is 11.8. The summed E-state index contributed by atoms with van der Waals surface area (Å²) in [7, 11) is 3.29. The monoisotopic (exact) mass is 340 g/mol. The Balaban J connectivity index is 1.87. The van der Waals surface area contributed by atoms with E-state index in [2.05, 4.69) is 32.9 Å². The molecule has 3 atom stereocenters. The van der Waals surface area contributed by atoms with Crippen LogP contribution in [0.4, 0.5) is 0 Å². The molecule has 0 amide bonds. The number of carbonyl (C=O) groups is 1. The Kier molecular flexibility index (Phi) is 3.42. The zero-order chi connectivity index (χ0) is 18.0. The molecule has 1 aromatic rings. The third-order valence-corrected chi connectivity index (χ3v) is 7.61. The van der Waals surface area contributed by atoms with Gasteiger partial charge in [0.05, 0.1) is 20.1 Å². The Labute approximate surface area is 150 Å². The number of ether oxygens (including phenoxy) is 2. The van der Waals surface area contributed by atoms with Crippen LogP contribution in [0.2, 0.25) is 0 Å². The first kappa shape index (κ1) is 16.7. The van der Waals surface area contributed by atoms with E-state index in [1.54, 1.807) is 14.2 Å². The van der Waals surface area contributed by atoms with Gasteiger partial charge in [0.1, 0.15) is 0 Å². The molecule has 0 aromatic heterocycles. The molecule has 2 fully saturated rings. The summed E-state index contributed by atoms with van der Waals surface area (Å²) in [6.45, 7) is 7.08. The molecule has 0 bridgehead atoms. The third-order valence-electron chi connectivity index (χ3n) is 7.61. The van der Waals surface area contributed by atoms with Crippen LogP contribution in [0.5, 0.6) is 11.5 Å². The second-order valence-electron chi connectivity index (χ2n) is 8.79. The predicted molar refractivity (Wildman–Crippen MR) is 98.2 cm³/mol. The molecule has 0 heterocycles. The van der Waals surface area contributed by atoms with Gasteiger partial charge in [-0.15, -0.1) is 0 Å². The van der Waals surface area contributed by atoms with Crippen LogP contribution in [0.1, 0.15) is 57.9 Å². The summed E-state index contributed by atoms with van der Waals surface area (Å²) in [5, 5.41) is 0. The van der Waals surface area contributed by atoms with Crippen molar-refractivity contribution in [3.05, 3.63) is 35.4 Å². The molecular weight excluding hydrogens is 312 g/mol. The van der Waals surface area contributed by atoms with Crippen LogP contribution in [-0.4, -0.2) is 20.0 Å². The Morgan fingerprint density at radius 1 is 1.04 bits per heavy atom. The SMILES string of the molecule is COc1ccc([C@@H]2C(=O)C3=CC[C@]34C(C)(C)CCC[C@]24C)cc1OC. The minimum Gasteiger partial charge on any atom is -0.493 e. The second-order valence-corrected chi connectivity index (χ2v) is 8.79. The lowest BCUT2D eigenvalue weighted by Gasteiger charge is -2.61. The molecular formula is C22H28O3. The number of allylic oxidation sites excluding steroid dienone is 2. The van der Waals surface area contributed by atoms with Gasteiger partial charge in [-0.05, 0) is 53.4 Å². The number of hydrogen-bond acceptors (Lipinski definition) is 3. The van der Waals surface area contributed by atoms with Crippen LogP contribution in [0, 0.1) is 16.2 Å². The Hall–Kier alpha value is -1.77. The molecule has 0 radical (unpaired) electrons. The van der Waals surface area contributed by atoms with Gasteiger partial charge in [0.2, 0.25) is 0 Å². The average Bonchev–Trinajstić information content (AvgIpc) is 2.66. The van der Waals surface area contributed by atoms with E-state index in [1.165, 1.54) is 12.8 Å². The average molecular weight is 340 g/mol. The van der Waals surface area contributed by atoms with Crippen molar-refractivity contribution in [3.63, 3.8) is 0 Å².